The fraction of sp³-hybridized carbons (Fsp3) is 0.304. The summed E-state index contributed by atoms with van der Waals surface area (Å²) in [5.74, 6) is -0.218. The van der Waals surface area contributed by atoms with Gasteiger partial charge >= 0.3 is 5.63 Å². The van der Waals surface area contributed by atoms with Gasteiger partial charge in [-0.15, -0.1) is 0 Å². The van der Waals surface area contributed by atoms with Crippen LogP contribution in [0, 0.1) is 0 Å². The minimum absolute atomic E-state index is 0.242. The molecular formula is C23H23NO8. The monoisotopic (exact) mass is 441 g/mol. The van der Waals surface area contributed by atoms with E-state index in [9.17, 15) is 24.9 Å². The average Bonchev–Trinajstić information content (AvgIpc) is 2.78. The van der Waals surface area contributed by atoms with Gasteiger partial charge in [-0.3, -0.25) is 4.79 Å². The van der Waals surface area contributed by atoms with E-state index < -0.39 is 48.8 Å². The summed E-state index contributed by atoms with van der Waals surface area (Å²) in [5.41, 5.74) is 1.30. The maximum Gasteiger partial charge on any atom is 0.336 e. The molecule has 5 atom stereocenters. The van der Waals surface area contributed by atoms with Crippen LogP contribution in [0.3, 0.4) is 0 Å². The van der Waals surface area contributed by atoms with Gasteiger partial charge in [0.15, 0.2) is 0 Å². The first kappa shape index (κ1) is 22.0. The molecule has 4 N–H and O–H groups in total. The minimum atomic E-state index is -1.43. The molecule has 0 spiro atoms. The van der Waals surface area contributed by atoms with Crippen molar-refractivity contribution in [1.29, 1.82) is 0 Å². The highest BCUT2D eigenvalue weighted by molar-refractivity contribution is 5.93. The molecule has 4 rings (SSSR count). The van der Waals surface area contributed by atoms with E-state index in [-0.39, 0.29) is 11.3 Å². The number of hydrogen-bond donors (Lipinski definition) is 4. The summed E-state index contributed by atoms with van der Waals surface area (Å²) in [6, 6.07) is 14.6. The van der Waals surface area contributed by atoms with Gasteiger partial charge in [-0.2, -0.15) is 0 Å². The second-order valence-electron chi connectivity index (χ2n) is 7.55. The molecule has 2 heterocycles. The highest BCUT2D eigenvalue weighted by Crippen LogP contribution is 2.31. The van der Waals surface area contributed by atoms with E-state index in [0.29, 0.717) is 10.9 Å². The topological polar surface area (TPSA) is 138 Å². The lowest BCUT2D eigenvalue weighted by atomic mass is 9.97. The van der Waals surface area contributed by atoms with Crippen LogP contribution in [0.1, 0.15) is 6.92 Å². The van der Waals surface area contributed by atoms with Gasteiger partial charge in [0.2, 0.25) is 12.2 Å². The van der Waals surface area contributed by atoms with Crippen molar-refractivity contribution in [2.45, 2.75) is 37.6 Å². The number of carbonyl (C=O) groups excluding carboxylic acids is 1. The Balaban J connectivity index is 1.68. The molecule has 0 radical (unpaired) electrons. The number of benzene rings is 2. The maximum atomic E-state index is 12.1. The van der Waals surface area contributed by atoms with Crippen molar-refractivity contribution in [3.8, 4) is 16.9 Å². The number of hydrogen-bond acceptors (Lipinski definition) is 8. The van der Waals surface area contributed by atoms with Crippen LogP contribution in [0.5, 0.6) is 5.75 Å². The Kier molecular flexibility index (Phi) is 6.24. The third-order valence-corrected chi connectivity index (χ3v) is 5.30. The Morgan fingerprint density at radius 2 is 1.84 bits per heavy atom. The van der Waals surface area contributed by atoms with Crippen molar-refractivity contribution in [1.82, 2.24) is 5.32 Å². The first-order chi connectivity index (χ1) is 15.4. The number of fused-ring (bicyclic) bond motifs is 1. The predicted molar refractivity (Wildman–Crippen MR) is 114 cm³/mol. The lowest BCUT2D eigenvalue weighted by molar-refractivity contribution is -0.244. The highest BCUT2D eigenvalue weighted by atomic mass is 16.7. The van der Waals surface area contributed by atoms with E-state index in [0.717, 1.165) is 5.56 Å². The van der Waals surface area contributed by atoms with Crippen molar-refractivity contribution in [3.63, 3.8) is 0 Å². The fourth-order valence-corrected chi connectivity index (χ4v) is 3.78. The van der Waals surface area contributed by atoms with E-state index in [4.69, 9.17) is 13.9 Å². The van der Waals surface area contributed by atoms with Crippen LogP contribution in [0.15, 0.2) is 63.8 Å². The standard InChI is InChI=1S/C23H23NO8/c1-12(26)24-20-22(29)21(28)18(11-25)32-23(20)30-14-7-8-15-16(13-5-3-2-4-6-13)10-19(27)31-17(15)9-14/h2-10,18,20-23,25,28-29H,11H2,1H3,(H,24,26)/t18-,20-,21-,22-,23-/m1/s1. The predicted octanol–water partition coefficient (Wildman–Crippen LogP) is 0.782. The van der Waals surface area contributed by atoms with Crippen LogP contribution in [-0.4, -0.2) is 58.5 Å². The molecule has 2 aromatic carbocycles. The maximum absolute atomic E-state index is 12.1. The summed E-state index contributed by atoms with van der Waals surface area (Å²) in [5, 5.41) is 33.2. The van der Waals surface area contributed by atoms with Crippen LogP contribution < -0.4 is 15.7 Å². The van der Waals surface area contributed by atoms with Gasteiger partial charge < -0.3 is 34.5 Å². The molecule has 9 heteroatoms. The van der Waals surface area contributed by atoms with Crippen molar-refractivity contribution >= 4 is 16.9 Å². The van der Waals surface area contributed by atoms with Gasteiger partial charge in [0, 0.05) is 24.4 Å². The molecule has 9 nitrogen and oxygen atoms in total. The molecule has 0 saturated carbocycles. The first-order valence-electron chi connectivity index (χ1n) is 10.1. The van der Waals surface area contributed by atoms with E-state index in [1.165, 1.54) is 19.1 Å². The number of rotatable bonds is 5. The molecule has 0 aliphatic carbocycles. The van der Waals surface area contributed by atoms with Crippen molar-refractivity contribution in [2.75, 3.05) is 6.61 Å². The molecule has 1 amide bonds. The quantitative estimate of drug-likeness (QED) is 0.426. The summed E-state index contributed by atoms with van der Waals surface area (Å²) in [7, 11) is 0. The summed E-state index contributed by atoms with van der Waals surface area (Å²) >= 11 is 0. The van der Waals surface area contributed by atoms with Gasteiger partial charge in [0.05, 0.1) is 6.61 Å². The largest absolute Gasteiger partial charge is 0.462 e. The SMILES string of the molecule is CC(=O)N[C@H]1[C@H](Oc2ccc3c(-c4ccccc4)cc(=O)oc3c2)O[C@H](CO)[C@@H](O)[C@@H]1O. The van der Waals surface area contributed by atoms with Crippen LogP contribution in [-0.2, 0) is 9.53 Å². The van der Waals surface area contributed by atoms with E-state index in [1.54, 1.807) is 12.1 Å². The molecule has 1 aromatic heterocycles. The molecule has 1 fully saturated rings. The normalized spacial score (nSPS) is 25.4. The molecule has 1 aliphatic heterocycles. The summed E-state index contributed by atoms with van der Waals surface area (Å²) in [6.45, 7) is 0.696. The number of carbonyl (C=O) groups is 1. The van der Waals surface area contributed by atoms with Crippen LogP contribution in [0.4, 0.5) is 0 Å². The Hall–Kier alpha value is -3.24. The van der Waals surface area contributed by atoms with E-state index in [2.05, 4.69) is 5.32 Å². The first-order valence-corrected chi connectivity index (χ1v) is 10.1. The smallest absolute Gasteiger partial charge is 0.336 e. The minimum Gasteiger partial charge on any atom is -0.462 e. The molecule has 1 saturated heterocycles. The highest BCUT2D eigenvalue weighted by Gasteiger charge is 2.46. The molecule has 168 valence electrons. The van der Waals surface area contributed by atoms with Gasteiger partial charge in [-0.1, -0.05) is 30.3 Å². The second kappa shape index (κ2) is 9.09. The molecule has 3 aromatic rings. The summed E-state index contributed by atoms with van der Waals surface area (Å²) in [4.78, 5) is 23.7. The van der Waals surface area contributed by atoms with E-state index >= 15 is 0 Å². The van der Waals surface area contributed by atoms with Crippen LogP contribution >= 0.6 is 0 Å². The van der Waals surface area contributed by atoms with Crippen molar-refractivity contribution in [3.05, 3.63) is 65.0 Å². The Bertz CT molecular complexity index is 1160. The molecular weight excluding hydrogens is 418 g/mol. The summed E-state index contributed by atoms with van der Waals surface area (Å²) in [6.07, 6.45) is -5.17. The summed E-state index contributed by atoms with van der Waals surface area (Å²) < 4.78 is 16.8. The Labute approximate surface area is 182 Å². The second-order valence-corrected chi connectivity index (χ2v) is 7.55. The Morgan fingerprint density at radius 3 is 2.53 bits per heavy atom. The zero-order valence-electron chi connectivity index (χ0n) is 17.2. The third-order valence-electron chi connectivity index (χ3n) is 5.30. The average molecular weight is 441 g/mol. The van der Waals surface area contributed by atoms with Crippen molar-refractivity contribution < 1.29 is 34.0 Å². The van der Waals surface area contributed by atoms with Gasteiger partial charge in [-0.05, 0) is 23.3 Å². The van der Waals surface area contributed by atoms with Crippen LogP contribution in [0.2, 0.25) is 0 Å². The number of aliphatic hydroxyl groups is 3. The van der Waals surface area contributed by atoms with Gasteiger partial charge in [0.1, 0.15) is 35.7 Å². The number of amides is 1. The number of ether oxygens (including phenoxy) is 2. The fourth-order valence-electron chi connectivity index (χ4n) is 3.78. The molecule has 32 heavy (non-hydrogen) atoms. The number of aliphatic hydroxyl groups excluding tert-OH is 3. The third kappa shape index (κ3) is 4.37. The molecule has 0 unspecified atom stereocenters. The Morgan fingerprint density at radius 1 is 1.09 bits per heavy atom. The number of nitrogens with one attached hydrogen (secondary N) is 1. The zero-order chi connectivity index (χ0) is 22.8. The zero-order valence-corrected chi connectivity index (χ0v) is 17.2. The lowest BCUT2D eigenvalue weighted by Gasteiger charge is -2.42. The van der Waals surface area contributed by atoms with E-state index in [1.807, 2.05) is 30.3 Å². The van der Waals surface area contributed by atoms with Gasteiger partial charge in [-0.25, -0.2) is 4.79 Å². The van der Waals surface area contributed by atoms with Crippen LogP contribution in [0.25, 0.3) is 22.1 Å². The van der Waals surface area contributed by atoms with Crippen molar-refractivity contribution in [2.24, 2.45) is 0 Å². The molecule has 0 bridgehead atoms. The lowest BCUT2D eigenvalue weighted by Crippen LogP contribution is -2.65. The van der Waals surface area contributed by atoms with Gasteiger partial charge in [0.25, 0.3) is 0 Å². The molecule has 1 aliphatic rings.